The molecule has 0 bridgehead atoms. The Kier molecular flexibility index (Phi) is 6.21. The van der Waals surface area contributed by atoms with Gasteiger partial charge in [0, 0.05) is 6.04 Å². The van der Waals surface area contributed by atoms with Gasteiger partial charge in [0.2, 0.25) is 0 Å². The zero-order valence-electron chi connectivity index (χ0n) is 14.1. The van der Waals surface area contributed by atoms with Crippen LogP contribution in [0.2, 0.25) is 0 Å². The van der Waals surface area contributed by atoms with Crippen molar-refractivity contribution in [2.24, 2.45) is 0 Å². The molecule has 1 atom stereocenters. The monoisotopic (exact) mass is 311 g/mol. The Hall–Kier alpha value is -2.29. The molecule has 2 rings (SSSR count). The van der Waals surface area contributed by atoms with Crippen molar-refractivity contribution in [1.82, 2.24) is 5.32 Å². The standard InChI is InChI=1S/C20H25NO2/c1-15-8-7-9-16(2)20(15)23-14-19(22)21-17(3)12-13-18-10-5-4-6-11-18/h4-11,17H,12-14H2,1-3H3,(H,21,22)/t17-/m0/s1. The second-order valence-electron chi connectivity index (χ2n) is 6.00. The first kappa shape index (κ1) is 17.1. The van der Waals surface area contributed by atoms with E-state index in [2.05, 4.69) is 17.4 Å². The molecule has 3 heteroatoms. The number of nitrogens with one attached hydrogen (secondary N) is 1. The largest absolute Gasteiger partial charge is 0.483 e. The van der Waals surface area contributed by atoms with Gasteiger partial charge in [0.05, 0.1) is 0 Å². The van der Waals surface area contributed by atoms with Gasteiger partial charge in [-0.3, -0.25) is 4.79 Å². The lowest BCUT2D eigenvalue weighted by Crippen LogP contribution is -2.36. The lowest BCUT2D eigenvalue weighted by atomic mass is 10.1. The molecule has 0 saturated carbocycles. The van der Waals surface area contributed by atoms with Crippen molar-refractivity contribution in [1.29, 1.82) is 0 Å². The highest BCUT2D eigenvalue weighted by molar-refractivity contribution is 5.77. The molecule has 122 valence electrons. The summed E-state index contributed by atoms with van der Waals surface area (Å²) in [6.07, 6.45) is 1.87. The van der Waals surface area contributed by atoms with E-state index in [4.69, 9.17) is 4.74 Å². The summed E-state index contributed by atoms with van der Waals surface area (Å²) >= 11 is 0. The summed E-state index contributed by atoms with van der Waals surface area (Å²) in [6.45, 7) is 6.06. The summed E-state index contributed by atoms with van der Waals surface area (Å²) in [6, 6.07) is 16.4. The Morgan fingerprint density at radius 1 is 1.04 bits per heavy atom. The zero-order valence-corrected chi connectivity index (χ0v) is 14.1. The van der Waals surface area contributed by atoms with Gasteiger partial charge in [-0.1, -0.05) is 48.5 Å². The number of para-hydroxylation sites is 1. The van der Waals surface area contributed by atoms with Gasteiger partial charge in [-0.2, -0.15) is 0 Å². The van der Waals surface area contributed by atoms with Crippen molar-refractivity contribution < 1.29 is 9.53 Å². The van der Waals surface area contributed by atoms with Gasteiger partial charge in [0.1, 0.15) is 5.75 Å². The molecule has 23 heavy (non-hydrogen) atoms. The van der Waals surface area contributed by atoms with Gasteiger partial charge in [-0.05, 0) is 50.3 Å². The molecule has 0 saturated heterocycles. The normalized spacial score (nSPS) is 11.8. The number of ether oxygens (including phenoxy) is 1. The van der Waals surface area contributed by atoms with Gasteiger partial charge >= 0.3 is 0 Å². The molecule has 0 heterocycles. The number of aryl methyl sites for hydroxylation is 3. The Bertz CT molecular complexity index is 617. The average Bonchev–Trinajstić information content (AvgIpc) is 2.53. The number of carbonyl (C=O) groups is 1. The van der Waals surface area contributed by atoms with Gasteiger partial charge < -0.3 is 10.1 Å². The minimum atomic E-state index is -0.0757. The molecule has 0 spiro atoms. The van der Waals surface area contributed by atoms with Crippen molar-refractivity contribution in [2.45, 2.75) is 39.7 Å². The van der Waals surface area contributed by atoms with Crippen LogP contribution < -0.4 is 10.1 Å². The highest BCUT2D eigenvalue weighted by atomic mass is 16.5. The van der Waals surface area contributed by atoms with Crippen LogP contribution in [0.5, 0.6) is 5.75 Å². The SMILES string of the molecule is Cc1cccc(C)c1OCC(=O)N[C@@H](C)CCc1ccccc1. The molecule has 1 N–H and O–H groups in total. The van der Waals surface area contributed by atoms with Crippen molar-refractivity contribution in [2.75, 3.05) is 6.61 Å². The van der Waals surface area contributed by atoms with Crippen LogP contribution in [0.4, 0.5) is 0 Å². The number of rotatable bonds is 7. The molecule has 0 aliphatic rings. The fourth-order valence-electron chi connectivity index (χ4n) is 2.58. The van der Waals surface area contributed by atoms with Gasteiger partial charge in [0.15, 0.2) is 6.61 Å². The molecular formula is C20H25NO2. The third kappa shape index (κ3) is 5.44. The van der Waals surface area contributed by atoms with E-state index in [0.717, 1.165) is 29.7 Å². The maximum absolute atomic E-state index is 12.0. The number of carbonyl (C=O) groups excluding carboxylic acids is 1. The van der Waals surface area contributed by atoms with E-state index in [1.165, 1.54) is 5.56 Å². The van der Waals surface area contributed by atoms with E-state index in [1.807, 2.05) is 57.2 Å². The zero-order chi connectivity index (χ0) is 16.7. The van der Waals surface area contributed by atoms with Crippen LogP contribution in [0.15, 0.2) is 48.5 Å². The summed E-state index contributed by atoms with van der Waals surface area (Å²) in [5, 5.41) is 3.00. The predicted octanol–water partition coefficient (Wildman–Crippen LogP) is 3.82. The van der Waals surface area contributed by atoms with E-state index in [1.54, 1.807) is 0 Å². The van der Waals surface area contributed by atoms with Crippen LogP contribution in [-0.2, 0) is 11.2 Å². The maximum atomic E-state index is 12.0. The molecular weight excluding hydrogens is 286 g/mol. The van der Waals surface area contributed by atoms with Crippen LogP contribution >= 0.6 is 0 Å². The Morgan fingerprint density at radius 3 is 2.35 bits per heavy atom. The average molecular weight is 311 g/mol. The van der Waals surface area contributed by atoms with Crippen LogP contribution in [0.1, 0.15) is 30.0 Å². The minimum absolute atomic E-state index is 0.0569. The molecule has 0 radical (unpaired) electrons. The molecule has 0 aromatic heterocycles. The molecule has 2 aromatic carbocycles. The van der Waals surface area contributed by atoms with E-state index in [0.29, 0.717) is 0 Å². The molecule has 2 aromatic rings. The van der Waals surface area contributed by atoms with Crippen molar-refractivity contribution in [3.8, 4) is 5.75 Å². The predicted molar refractivity (Wildman–Crippen MR) is 93.8 cm³/mol. The molecule has 3 nitrogen and oxygen atoms in total. The van der Waals surface area contributed by atoms with Crippen LogP contribution in [-0.4, -0.2) is 18.6 Å². The fraction of sp³-hybridized carbons (Fsp3) is 0.350. The molecule has 0 fully saturated rings. The van der Waals surface area contributed by atoms with Crippen molar-refractivity contribution in [3.05, 3.63) is 65.2 Å². The lowest BCUT2D eigenvalue weighted by molar-refractivity contribution is -0.123. The van der Waals surface area contributed by atoms with Crippen molar-refractivity contribution in [3.63, 3.8) is 0 Å². The Labute approximate surface area is 138 Å². The molecule has 0 unspecified atom stereocenters. The Morgan fingerprint density at radius 2 is 1.70 bits per heavy atom. The van der Waals surface area contributed by atoms with Crippen LogP contribution in [0.25, 0.3) is 0 Å². The Balaban J connectivity index is 1.76. The van der Waals surface area contributed by atoms with Gasteiger partial charge in [0.25, 0.3) is 5.91 Å². The third-order valence-electron chi connectivity index (χ3n) is 3.87. The molecule has 0 aliphatic heterocycles. The molecule has 1 amide bonds. The van der Waals surface area contributed by atoms with E-state index < -0.39 is 0 Å². The van der Waals surface area contributed by atoms with E-state index in [9.17, 15) is 4.79 Å². The smallest absolute Gasteiger partial charge is 0.258 e. The summed E-state index contributed by atoms with van der Waals surface area (Å²) in [5.74, 6) is 0.729. The first-order valence-corrected chi connectivity index (χ1v) is 8.08. The summed E-state index contributed by atoms with van der Waals surface area (Å²) in [4.78, 5) is 12.0. The maximum Gasteiger partial charge on any atom is 0.258 e. The van der Waals surface area contributed by atoms with Crippen LogP contribution in [0.3, 0.4) is 0 Å². The number of hydrogen-bond donors (Lipinski definition) is 1. The summed E-state index contributed by atoms with van der Waals surface area (Å²) in [5.41, 5.74) is 3.39. The molecule has 0 aliphatic carbocycles. The number of benzene rings is 2. The minimum Gasteiger partial charge on any atom is -0.483 e. The topological polar surface area (TPSA) is 38.3 Å². The van der Waals surface area contributed by atoms with Gasteiger partial charge in [-0.15, -0.1) is 0 Å². The van der Waals surface area contributed by atoms with Crippen molar-refractivity contribution >= 4 is 5.91 Å². The number of hydrogen-bond acceptors (Lipinski definition) is 2. The van der Waals surface area contributed by atoms with Crippen LogP contribution in [0, 0.1) is 13.8 Å². The number of amides is 1. The lowest BCUT2D eigenvalue weighted by Gasteiger charge is -2.16. The second-order valence-corrected chi connectivity index (χ2v) is 6.00. The van der Waals surface area contributed by atoms with E-state index >= 15 is 0 Å². The highest BCUT2D eigenvalue weighted by Gasteiger charge is 2.10. The quantitative estimate of drug-likeness (QED) is 0.844. The summed E-state index contributed by atoms with van der Waals surface area (Å²) < 4.78 is 5.68. The first-order valence-electron chi connectivity index (χ1n) is 8.08. The third-order valence-corrected chi connectivity index (χ3v) is 3.87. The summed E-state index contributed by atoms with van der Waals surface area (Å²) in [7, 11) is 0. The van der Waals surface area contributed by atoms with Gasteiger partial charge in [-0.25, -0.2) is 0 Å². The highest BCUT2D eigenvalue weighted by Crippen LogP contribution is 2.22. The fourth-order valence-corrected chi connectivity index (χ4v) is 2.58. The second kappa shape index (κ2) is 8.37. The first-order chi connectivity index (χ1) is 11.1. The van der Waals surface area contributed by atoms with E-state index in [-0.39, 0.29) is 18.6 Å².